The van der Waals surface area contributed by atoms with E-state index in [0.717, 1.165) is 27.6 Å². The zero-order valence-corrected chi connectivity index (χ0v) is 8.88. The van der Waals surface area contributed by atoms with Crippen molar-refractivity contribution in [1.29, 1.82) is 0 Å². The van der Waals surface area contributed by atoms with Crippen molar-refractivity contribution >= 4 is 33.2 Å². The molecule has 0 radical (unpaired) electrons. The zero-order chi connectivity index (χ0) is 11.2. The summed E-state index contributed by atoms with van der Waals surface area (Å²) in [5.74, 6) is 0. The summed E-state index contributed by atoms with van der Waals surface area (Å²) >= 11 is 0. The van der Waals surface area contributed by atoms with Crippen LogP contribution in [0.15, 0.2) is 42.6 Å². The Balaban J connectivity index is 2.28. The molecule has 4 heteroatoms. The van der Waals surface area contributed by atoms with E-state index in [1.807, 2.05) is 42.6 Å². The van der Waals surface area contributed by atoms with Crippen molar-refractivity contribution in [2.45, 2.75) is 0 Å². The van der Waals surface area contributed by atoms with Crippen molar-refractivity contribution in [2.75, 3.05) is 0 Å². The van der Waals surface area contributed by atoms with Crippen LogP contribution in [0.3, 0.4) is 0 Å². The van der Waals surface area contributed by atoms with Crippen LogP contribution in [0.4, 0.5) is 0 Å². The van der Waals surface area contributed by atoms with Crippen molar-refractivity contribution in [1.82, 2.24) is 19.9 Å². The van der Waals surface area contributed by atoms with E-state index >= 15 is 0 Å². The van der Waals surface area contributed by atoms with E-state index in [4.69, 9.17) is 0 Å². The summed E-state index contributed by atoms with van der Waals surface area (Å²) < 4.78 is 0. The Morgan fingerprint density at radius 2 is 1.65 bits per heavy atom. The first-order chi connectivity index (χ1) is 8.42. The molecule has 0 fully saturated rings. The number of benzene rings is 1. The van der Waals surface area contributed by atoms with Crippen molar-refractivity contribution in [3.05, 3.63) is 42.6 Å². The van der Waals surface area contributed by atoms with E-state index in [0.29, 0.717) is 5.65 Å². The third-order valence-corrected chi connectivity index (χ3v) is 2.86. The molecule has 0 aliphatic rings. The fourth-order valence-electron chi connectivity index (χ4n) is 2.07. The molecule has 4 nitrogen and oxygen atoms in total. The molecule has 80 valence electrons. The number of aromatic amines is 1. The average molecular weight is 220 g/mol. The van der Waals surface area contributed by atoms with E-state index in [9.17, 15) is 0 Å². The predicted octanol–water partition coefficient (Wildman–Crippen LogP) is 2.66. The van der Waals surface area contributed by atoms with Crippen molar-refractivity contribution in [3.63, 3.8) is 0 Å². The van der Waals surface area contributed by atoms with Gasteiger partial charge in [0.1, 0.15) is 11.0 Å². The number of nitrogens with one attached hydrogen (secondary N) is 1. The van der Waals surface area contributed by atoms with Crippen LogP contribution in [0.1, 0.15) is 0 Å². The molecule has 1 aromatic carbocycles. The molecular weight excluding hydrogens is 212 g/mol. The summed E-state index contributed by atoms with van der Waals surface area (Å²) in [6, 6.07) is 11.8. The van der Waals surface area contributed by atoms with Crippen molar-refractivity contribution in [3.8, 4) is 0 Å². The van der Waals surface area contributed by atoms with Gasteiger partial charge in [-0.2, -0.15) is 0 Å². The highest BCUT2D eigenvalue weighted by molar-refractivity contribution is 6.05. The third kappa shape index (κ3) is 1.15. The van der Waals surface area contributed by atoms with Gasteiger partial charge < -0.3 is 4.98 Å². The molecule has 1 N–H and O–H groups in total. The SMILES string of the molecule is c1c[nH]c2nc3c(nc2c1)nc1ccccc13. The first kappa shape index (κ1) is 8.64. The molecule has 0 spiro atoms. The molecule has 3 heterocycles. The van der Waals surface area contributed by atoms with Gasteiger partial charge in [-0.05, 0) is 18.2 Å². The molecule has 4 rings (SSSR count). The maximum absolute atomic E-state index is 4.59. The number of fused-ring (bicyclic) bond motifs is 4. The normalized spacial score (nSPS) is 11.5. The van der Waals surface area contributed by atoms with Crippen LogP contribution in [0.25, 0.3) is 33.2 Å². The first-order valence-electron chi connectivity index (χ1n) is 5.41. The predicted molar refractivity (Wildman–Crippen MR) is 66.7 cm³/mol. The summed E-state index contributed by atoms with van der Waals surface area (Å²) in [7, 11) is 0. The maximum atomic E-state index is 4.59. The highest BCUT2D eigenvalue weighted by Crippen LogP contribution is 2.23. The Kier molecular flexibility index (Phi) is 1.53. The van der Waals surface area contributed by atoms with Gasteiger partial charge in [0.05, 0.1) is 5.52 Å². The smallest absolute Gasteiger partial charge is 0.180 e. The van der Waals surface area contributed by atoms with Gasteiger partial charge in [-0.1, -0.05) is 18.2 Å². The van der Waals surface area contributed by atoms with Crippen LogP contribution in [-0.2, 0) is 0 Å². The Morgan fingerprint density at radius 3 is 2.65 bits per heavy atom. The maximum Gasteiger partial charge on any atom is 0.180 e. The average Bonchev–Trinajstić information content (AvgIpc) is 2.73. The first-order valence-corrected chi connectivity index (χ1v) is 5.41. The zero-order valence-electron chi connectivity index (χ0n) is 8.88. The molecular formula is C13H8N4. The van der Waals surface area contributed by atoms with Crippen LogP contribution < -0.4 is 0 Å². The molecule has 0 atom stereocenters. The van der Waals surface area contributed by atoms with Gasteiger partial charge in [0.2, 0.25) is 0 Å². The van der Waals surface area contributed by atoms with E-state index in [1.54, 1.807) is 0 Å². The molecule has 0 aliphatic heterocycles. The minimum Gasteiger partial charge on any atom is -0.345 e. The molecule has 17 heavy (non-hydrogen) atoms. The number of para-hydroxylation sites is 1. The van der Waals surface area contributed by atoms with Crippen LogP contribution in [0.2, 0.25) is 0 Å². The van der Waals surface area contributed by atoms with Crippen LogP contribution in [0, 0.1) is 0 Å². The Hall–Kier alpha value is -2.49. The summed E-state index contributed by atoms with van der Waals surface area (Å²) in [4.78, 5) is 16.7. The second-order valence-corrected chi connectivity index (χ2v) is 3.93. The quantitative estimate of drug-likeness (QED) is 0.495. The van der Waals surface area contributed by atoms with E-state index in [-0.39, 0.29) is 0 Å². The standard InChI is InChI=1S/C13H8N4/c1-2-5-9-8(4-1)11-13(15-9)16-10-6-3-7-14-12(10)17-11/h1-7H,(H,14,17). The van der Waals surface area contributed by atoms with Gasteiger partial charge in [-0.15, -0.1) is 0 Å². The van der Waals surface area contributed by atoms with Crippen LogP contribution in [-0.4, -0.2) is 19.9 Å². The number of hydrogen-bond acceptors (Lipinski definition) is 3. The second kappa shape index (κ2) is 3.01. The molecule has 0 unspecified atom stereocenters. The fraction of sp³-hybridized carbons (Fsp3) is 0. The second-order valence-electron chi connectivity index (χ2n) is 3.93. The highest BCUT2D eigenvalue weighted by atomic mass is 15.0. The molecule has 4 aromatic rings. The van der Waals surface area contributed by atoms with E-state index in [2.05, 4.69) is 19.9 Å². The van der Waals surface area contributed by atoms with Crippen LogP contribution in [0.5, 0.6) is 0 Å². The van der Waals surface area contributed by atoms with Gasteiger partial charge in [0.15, 0.2) is 11.3 Å². The van der Waals surface area contributed by atoms with Gasteiger partial charge >= 0.3 is 0 Å². The van der Waals surface area contributed by atoms with Gasteiger partial charge in [-0.25, -0.2) is 15.0 Å². The number of rotatable bonds is 0. The Labute approximate surface area is 96.3 Å². The van der Waals surface area contributed by atoms with Gasteiger partial charge in [0, 0.05) is 11.6 Å². The summed E-state index contributed by atoms with van der Waals surface area (Å²) in [6.07, 6.45) is 1.85. The molecule has 0 saturated heterocycles. The van der Waals surface area contributed by atoms with E-state index < -0.39 is 0 Å². The lowest BCUT2D eigenvalue weighted by Gasteiger charge is -1.95. The third-order valence-electron chi connectivity index (χ3n) is 2.86. The van der Waals surface area contributed by atoms with Crippen LogP contribution >= 0.6 is 0 Å². The molecule has 0 amide bonds. The van der Waals surface area contributed by atoms with Gasteiger partial charge in [0.25, 0.3) is 0 Å². The molecule has 0 saturated carbocycles. The highest BCUT2D eigenvalue weighted by Gasteiger charge is 2.08. The fourth-order valence-corrected chi connectivity index (χ4v) is 2.07. The number of nitrogens with zero attached hydrogens (tertiary/aromatic N) is 3. The van der Waals surface area contributed by atoms with Crippen molar-refractivity contribution in [2.24, 2.45) is 0 Å². The Morgan fingerprint density at radius 1 is 0.824 bits per heavy atom. The van der Waals surface area contributed by atoms with Crippen molar-refractivity contribution < 1.29 is 0 Å². The lowest BCUT2D eigenvalue weighted by atomic mass is 10.2. The number of H-pyrrole nitrogens is 1. The number of hydrogen-bond donors (Lipinski definition) is 1. The molecule has 3 aromatic heterocycles. The molecule has 0 aliphatic carbocycles. The minimum absolute atomic E-state index is 0.707. The van der Waals surface area contributed by atoms with E-state index in [1.165, 1.54) is 0 Å². The largest absolute Gasteiger partial charge is 0.345 e. The summed E-state index contributed by atoms with van der Waals surface area (Å²) in [5, 5.41) is 1.05. The monoisotopic (exact) mass is 220 g/mol. The Bertz CT molecular complexity index is 842. The number of aromatic nitrogens is 4. The summed E-state index contributed by atoms with van der Waals surface area (Å²) in [6.45, 7) is 0. The summed E-state index contributed by atoms with van der Waals surface area (Å²) in [5.41, 5.74) is 4.13. The topological polar surface area (TPSA) is 54.5 Å². The molecule has 0 bridgehead atoms. The lowest BCUT2D eigenvalue weighted by Crippen LogP contribution is -1.87. The minimum atomic E-state index is 0.707. The van der Waals surface area contributed by atoms with Gasteiger partial charge in [-0.3, -0.25) is 0 Å². The lowest BCUT2D eigenvalue weighted by molar-refractivity contribution is 1.27. The number of pyridine rings is 1.